The van der Waals surface area contributed by atoms with Crippen molar-refractivity contribution >= 4 is 17.5 Å². The molecule has 120 valence electrons. The van der Waals surface area contributed by atoms with Crippen LogP contribution in [0.1, 0.15) is 47.3 Å². The first-order valence-electron chi connectivity index (χ1n) is 7.78. The van der Waals surface area contributed by atoms with Gasteiger partial charge in [-0.3, -0.25) is 4.79 Å². The van der Waals surface area contributed by atoms with E-state index in [9.17, 15) is 9.18 Å². The highest BCUT2D eigenvalue weighted by atomic mass is 35.5. The van der Waals surface area contributed by atoms with E-state index in [-0.39, 0.29) is 17.0 Å². The van der Waals surface area contributed by atoms with E-state index >= 15 is 0 Å². The number of nitrogens with zero attached hydrogens (tertiary/aromatic N) is 4. The van der Waals surface area contributed by atoms with Crippen molar-refractivity contribution < 1.29 is 9.18 Å². The van der Waals surface area contributed by atoms with Crippen molar-refractivity contribution in [3.63, 3.8) is 0 Å². The number of benzene rings is 1. The lowest BCUT2D eigenvalue weighted by Gasteiger charge is -2.17. The van der Waals surface area contributed by atoms with E-state index in [0.29, 0.717) is 24.6 Å². The molecule has 2 fully saturated rings. The smallest absolute Gasteiger partial charge is 0.255 e. The van der Waals surface area contributed by atoms with Crippen LogP contribution < -0.4 is 0 Å². The van der Waals surface area contributed by atoms with Crippen molar-refractivity contribution in [3.05, 3.63) is 46.5 Å². The SMILES string of the molecule is O=C(c1ccc(F)cc1Cl)N1CC[C@@H](n2cc(C3CC3)nn2)C1. The van der Waals surface area contributed by atoms with Crippen LogP contribution in [-0.2, 0) is 0 Å². The fraction of sp³-hybridized carbons (Fsp3) is 0.438. The predicted octanol–water partition coefficient (Wildman–Crippen LogP) is 3.04. The quantitative estimate of drug-likeness (QED) is 0.867. The number of carbonyl (C=O) groups excluding carboxylic acids is 1. The van der Waals surface area contributed by atoms with Crippen molar-refractivity contribution in [2.24, 2.45) is 0 Å². The standard InChI is InChI=1S/C16H16ClFN4O/c17-14-7-11(18)3-4-13(14)16(23)21-6-5-12(8-21)22-9-15(19-20-22)10-1-2-10/h3-4,7,9-10,12H,1-2,5-6,8H2/t12-/m1/s1. The van der Waals surface area contributed by atoms with Crippen molar-refractivity contribution in [2.45, 2.75) is 31.2 Å². The van der Waals surface area contributed by atoms with Gasteiger partial charge >= 0.3 is 0 Å². The maximum Gasteiger partial charge on any atom is 0.255 e. The number of likely N-dealkylation sites (tertiary alicyclic amines) is 1. The molecule has 0 spiro atoms. The Balaban J connectivity index is 1.47. The van der Waals surface area contributed by atoms with E-state index in [2.05, 4.69) is 10.3 Å². The Hall–Kier alpha value is -1.95. The summed E-state index contributed by atoms with van der Waals surface area (Å²) in [4.78, 5) is 14.3. The monoisotopic (exact) mass is 334 g/mol. The molecule has 1 aromatic carbocycles. The van der Waals surface area contributed by atoms with Gasteiger partial charge in [0, 0.05) is 25.2 Å². The maximum absolute atomic E-state index is 13.1. The largest absolute Gasteiger partial charge is 0.336 e. The van der Waals surface area contributed by atoms with E-state index in [1.54, 1.807) is 4.90 Å². The molecule has 1 saturated heterocycles. The molecule has 1 aliphatic heterocycles. The molecule has 1 aromatic heterocycles. The van der Waals surface area contributed by atoms with Crippen molar-refractivity contribution in [1.29, 1.82) is 0 Å². The molecule has 7 heteroatoms. The summed E-state index contributed by atoms with van der Waals surface area (Å²) in [5.41, 5.74) is 1.39. The van der Waals surface area contributed by atoms with Crippen LogP contribution in [0.25, 0.3) is 0 Å². The summed E-state index contributed by atoms with van der Waals surface area (Å²) < 4.78 is 15.0. The molecule has 2 heterocycles. The molecule has 1 amide bonds. The minimum absolute atomic E-state index is 0.137. The Morgan fingerprint density at radius 3 is 2.87 bits per heavy atom. The molecule has 23 heavy (non-hydrogen) atoms. The Morgan fingerprint density at radius 1 is 1.30 bits per heavy atom. The molecular weight excluding hydrogens is 319 g/mol. The third-order valence-corrected chi connectivity index (χ3v) is 4.82. The molecule has 5 nitrogen and oxygen atoms in total. The molecular formula is C16H16ClFN4O. The summed E-state index contributed by atoms with van der Waals surface area (Å²) >= 11 is 5.99. The lowest BCUT2D eigenvalue weighted by atomic mass is 10.2. The minimum atomic E-state index is -0.443. The summed E-state index contributed by atoms with van der Waals surface area (Å²) in [6.07, 6.45) is 5.22. The Morgan fingerprint density at radius 2 is 2.13 bits per heavy atom. The number of aromatic nitrogens is 3. The first-order chi connectivity index (χ1) is 11.1. The van der Waals surface area contributed by atoms with E-state index in [0.717, 1.165) is 12.1 Å². The molecule has 4 rings (SSSR count). The second-order valence-electron chi connectivity index (χ2n) is 6.22. The van der Waals surface area contributed by atoms with Crippen molar-refractivity contribution in [1.82, 2.24) is 19.9 Å². The molecule has 0 unspecified atom stereocenters. The Labute approximate surface area is 138 Å². The van der Waals surface area contributed by atoms with Gasteiger partial charge in [0.05, 0.1) is 22.3 Å². The van der Waals surface area contributed by atoms with Crippen LogP contribution >= 0.6 is 11.6 Å². The van der Waals surface area contributed by atoms with Gasteiger partial charge in [0.2, 0.25) is 0 Å². The Kier molecular flexibility index (Phi) is 3.56. The highest BCUT2D eigenvalue weighted by Crippen LogP contribution is 2.39. The van der Waals surface area contributed by atoms with Gasteiger partial charge < -0.3 is 4.90 Å². The van der Waals surface area contributed by atoms with Crippen LogP contribution in [0.3, 0.4) is 0 Å². The van der Waals surface area contributed by atoms with Gasteiger partial charge in [-0.05, 0) is 37.5 Å². The number of carbonyl (C=O) groups is 1. The van der Waals surface area contributed by atoms with Gasteiger partial charge in [0.15, 0.2) is 0 Å². The summed E-state index contributed by atoms with van der Waals surface area (Å²) in [7, 11) is 0. The molecule has 1 saturated carbocycles. The zero-order valence-corrected chi connectivity index (χ0v) is 13.2. The molecule has 2 aromatic rings. The van der Waals surface area contributed by atoms with Crippen LogP contribution in [0.15, 0.2) is 24.4 Å². The van der Waals surface area contributed by atoms with Crippen LogP contribution in [0.4, 0.5) is 4.39 Å². The van der Waals surface area contributed by atoms with Gasteiger partial charge in [-0.2, -0.15) is 0 Å². The number of halogens is 2. The summed E-state index contributed by atoms with van der Waals surface area (Å²) in [6, 6.07) is 4.00. The second kappa shape index (κ2) is 5.60. The molecule has 0 radical (unpaired) electrons. The topological polar surface area (TPSA) is 51.0 Å². The van der Waals surface area contributed by atoms with E-state index in [1.165, 1.54) is 31.0 Å². The summed E-state index contributed by atoms with van der Waals surface area (Å²) in [5, 5.41) is 8.58. The van der Waals surface area contributed by atoms with Crippen molar-refractivity contribution in [3.8, 4) is 0 Å². The third kappa shape index (κ3) is 2.83. The number of rotatable bonds is 3. The Bertz CT molecular complexity index is 758. The van der Waals surface area contributed by atoms with Gasteiger partial charge in [0.1, 0.15) is 5.82 Å². The van der Waals surface area contributed by atoms with Gasteiger partial charge in [-0.25, -0.2) is 9.07 Å². The highest BCUT2D eigenvalue weighted by molar-refractivity contribution is 6.33. The number of amides is 1. The highest BCUT2D eigenvalue weighted by Gasteiger charge is 2.32. The van der Waals surface area contributed by atoms with Crippen LogP contribution in [0.5, 0.6) is 0 Å². The molecule has 2 aliphatic rings. The maximum atomic E-state index is 13.1. The van der Waals surface area contributed by atoms with Gasteiger partial charge in [-0.1, -0.05) is 16.8 Å². The zero-order chi connectivity index (χ0) is 16.0. The van der Waals surface area contributed by atoms with Crippen molar-refractivity contribution in [2.75, 3.05) is 13.1 Å². The molecule has 0 N–H and O–H groups in total. The minimum Gasteiger partial charge on any atom is -0.336 e. The predicted molar refractivity (Wildman–Crippen MR) is 83.0 cm³/mol. The van der Waals surface area contributed by atoms with Crippen LogP contribution in [0.2, 0.25) is 5.02 Å². The number of hydrogen-bond acceptors (Lipinski definition) is 3. The fourth-order valence-electron chi connectivity index (χ4n) is 3.01. The first-order valence-corrected chi connectivity index (χ1v) is 8.15. The van der Waals surface area contributed by atoms with Crippen LogP contribution in [0, 0.1) is 5.82 Å². The second-order valence-corrected chi connectivity index (χ2v) is 6.62. The van der Waals surface area contributed by atoms with Gasteiger partial charge in [-0.15, -0.1) is 5.10 Å². The fourth-order valence-corrected chi connectivity index (χ4v) is 3.26. The zero-order valence-electron chi connectivity index (χ0n) is 12.5. The van der Waals surface area contributed by atoms with E-state index in [1.807, 2.05) is 10.9 Å². The average Bonchev–Trinajstić information content (AvgIpc) is 3.07. The lowest BCUT2D eigenvalue weighted by Crippen LogP contribution is -2.29. The van der Waals surface area contributed by atoms with E-state index < -0.39 is 5.82 Å². The average molecular weight is 335 g/mol. The summed E-state index contributed by atoms with van der Waals surface area (Å²) in [5.74, 6) is -0.0398. The normalized spacial score (nSPS) is 21.0. The van der Waals surface area contributed by atoms with Gasteiger partial charge in [0.25, 0.3) is 5.91 Å². The molecule has 1 aliphatic carbocycles. The third-order valence-electron chi connectivity index (χ3n) is 4.51. The lowest BCUT2D eigenvalue weighted by molar-refractivity contribution is 0.0787. The number of hydrogen-bond donors (Lipinski definition) is 0. The van der Waals surface area contributed by atoms with E-state index in [4.69, 9.17) is 11.6 Å². The molecule has 1 atom stereocenters. The van der Waals surface area contributed by atoms with Crippen LogP contribution in [-0.4, -0.2) is 38.9 Å². The molecule has 0 bridgehead atoms. The first kappa shape index (κ1) is 14.6. The summed E-state index contributed by atoms with van der Waals surface area (Å²) in [6.45, 7) is 1.20.